The van der Waals surface area contributed by atoms with Crippen LogP contribution < -0.4 is 121 Å². The molecule has 0 spiro atoms. The molecule has 0 unspecified atom stereocenters. The molecule has 1 fully saturated rings. The Morgan fingerprint density at radius 2 is 0.904 bits per heavy atom. The van der Waals surface area contributed by atoms with Crippen LogP contribution in [0, 0.1) is 19.0 Å². The van der Waals surface area contributed by atoms with Crippen molar-refractivity contribution in [1.29, 1.82) is 0 Å². The van der Waals surface area contributed by atoms with Crippen LogP contribution in [0.15, 0.2) is 62.4 Å². The van der Waals surface area contributed by atoms with Gasteiger partial charge in [-0.05, 0) is 132 Å². The van der Waals surface area contributed by atoms with Crippen molar-refractivity contribution in [2.24, 2.45) is 89.1 Å². The third kappa shape index (κ3) is 37.3. The number of amides is 13. The number of hydrogen-bond acceptors (Lipinski definition) is 22. The van der Waals surface area contributed by atoms with Crippen molar-refractivity contribution < 1.29 is 77.3 Å². The van der Waals surface area contributed by atoms with Gasteiger partial charge in [-0.15, -0.1) is 0 Å². The molecule has 0 aromatic heterocycles. The van der Waals surface area contributed by atoms with E-state index >= 15 is 0 Å². The summed E-state index contributed by atoms with van der Waals surface area (Å²) in [5.74, 6) is -18.0. The van der Waals surface area contributed by atoms with E-state index in [9.17, 15) is 77.3 Å². The number of aromatic hydroxyl groups is 1. The molecule has 2 aromatic carbocycles. The van der Waals surface area contributed by atoms with E-state index in [1.165, 1.54) is 12.1 Å². The topological polar surface area (TPSA) is 733 Å². The van der Waals surface area contributed by atoms with Gasteiger partial charge in [-0.25, -0.2) is 0 Å². The Hall–Kier alpha value is -9.98. The van der Waals surface area contributed by atoms with Crippen molar-refractivity contribution in [3.63, 3.8) is 0 Å². The van der Waals surface area contributed by atoms with E-state index in [2.05, 4.69) is 83.8 Å². The lowest BCUT2D eigenvalue weighted by molar-refractivity contribution is -0.142. The minimum atomic E-state index is -1.97. The van der Waals surface area contributed by atoms with Gasteiger partial charge in [0.2, 0.25) is 76.8 Å². The Bertz CT molecular complexity index is 3740. The van der Waals surface area contributed by atoms with Gasteiger partial charge in [0.1, 0.15) is 66.2 Å². The van der Waals surface area contributed by atoms with Crippen molar-refractivity contribution in [3.05, 3.63) is 60.7 Å². The molecule has 632 valence electrons. The number of nitrogens with zero attached hydrogens (tertiary/aromatic N) is 4. The van der Waals surface area contributed by atoms with Gasteiger partial charge in [-0.2, -0.15) is 0 Å². The highest BCUT2D eigenvalue weighted by atomic mass is 127. The van der Waals surface area contributed by atoms with E-state index in [0.717, 1.165) is 21.6 Å². The van der Waals surface area contributed by atoms with Crippen LogP contribution in [0.1, 0.15) is 109 Å². The maximum Gasteiger partial charge on any atom is 0.305 e. The number of phenols is 1. The fourth-order valence-electron chi connectivity index (χ4n) is 10.8. The Balaban J connectivity index is 2.33. The number of benzene rings is 2. The van der Waals surface area contributed by atoms with E-state index in [0.29, 0.717) is 18.3 Å². The molecule has 34 N–H and O–H groups in total. The number of halogens is 2. The quantitative estimate of drug-likeness (QED) is 0.0118. The number of carboxylic acid groups (broad SMARTS) is 1. The molecule has 1 aliphatic rings. The first-order valence-corrected chi connectivity index (χ1v) is 41.0. The Kier molecular flexibility index (Phi) is 44.5. The lowest BCUT2D eigenvalue weighted by Gasteiger charge is -2.30. The van der Waals surface area contributed by atoms with Gasteiger partial charge in [0.25, 0.3) is 0 Å². The molecule has 13 amide bonds. The number of primary amides is 1. The number of phenolic OH excluding ortho intramolecular Hbond substituents is 1. The number of hydrogen-bond donors (Lipinski definition) is 24. The zero-order chi connectivity index (χ0) is 85.3. The molecular weight excluding hydrogens is 1750 g/mol. The number of nitrogens with two attached hydrogens (primary N) is 10. The first-order chi connectivity index (χ1) is 53.8. The number of rotatable bonds is 29. The molecule has 2 aromatic rings. The third-order valence-corrected chi connectivity index (χ3v) is 21.5. The number of aliphatic carboxylic acids is 1. The fraction of sp³-hybridized carbons (Fsp3) is 0.559. The SMILES string of the molecule is CC[C@H](C)[C@@H]1NC(=O)[C@@H](CCCN=C(N)N)NC(=O)CNC(=O)CNC(=O)[C@@H](Cc2cc(I)c(O)c(I)c2)NC(=O)[C@H](NC(=O)[C@H](N)CCCN=C(N)N)CSSC[C@H](C(N)=O)NC(=O)[C@@H](CCCN=C(N)N)NC(=O)[C@H](Cc2ccccc2)NC(=O)[C@@H]([C@@H](C)CC)NC(=O)[C@H](CCCN=C(N)N)NC(=O)[C@@H](CC(=O)O)NC1=O. The zero-order valence-corrected chi connectivity index (χ0v) is 69.6. The molecule has 13 atom stereocenters. The van der Waals surface area contributed by atoms with E-state index < -0.39 is 181 Å². The normalized spacial score (nSPS) is 22.3. The van der Waals surface area contributed by atoms with Crippen LogP contribution in [0.5, 0.6) is 5.75 Å². The lowest BCUT2D eigenvalue weighted by Crippen LogP contribution is -2.62. The molecule has 114 heavy (non-hydrogen) atoms. The molecule has 1 saturated heterocycles. The smallest absolute Gasteiger partial charge is 0.305 e. The number of nitrogens with one attached hydrogen (secondary N) is 12. The summed E-state index contributed by atoms with van der Waals surface area (Å²) in [4.78, 5) is 215. The zero-order valence-electron chi connectivity index (χ0n) is 63.6. The highest BCUT2D eigenvalue weighted by molar-refractivity contribution is 14.1. The second kappa shape index (κ2) is 51.7. The third-order valence-electron chi connectivity index (χ3n) is 17.4. The van der Waals surface area contributed by atoms with Crippen LogP contribution in [0.2, 0.25) is 0 Å². The molecule has 0 radical (unpaired) electrons. The van der Waals surface area contributed by atoms with Crippen LogP contribution in [0.3, 0.4) is 0 Å². The van der Waals surface area contributed by atoms with Crippen LogP contribution in [0.4, 0.5) is 0 Å². The first kappa shape index (κ1) is 98.2. The summed E-state index contributed by atoms with van der Waals surface area (Å²) in [5, 5.41) is 51.4. The molecule has 3 rings (SSSR count). The van der Waals surface area contributed by atoms with Crippen molar-refractivity contribution in [2.75, 3.05) is 50.8 Å². The van der Waals surface area contributed by atoms with Crippen LogP contribution >= 0.6 is 66.8 Å². The van der Waals surface area contributed by atoms with Gasteiger partial charge < -0.3 is 131 Å². The Morgan fingerprint density at radius 3 is 1.38 bits per heavy atom. The average molecular weight is 1860 g/mol. The van der Waals surface area contributed by atoms with E-state index in [4.69, 9.17) is 57.3 Å². The predicted molar refractivity (Wildman–Crippen MR) is 446 cm³/mol. The van der Waals surface area contributed by atoms with Crippen LogP contribution in [0.25, 0.3) is 0 Å². The summed E-state index contributed by atoms with van der Waals surface area (Å²) in [5.41, 5.74) is 57.5. The standard InChI is InChI=1S/C68H108I2N26O16S2/c1-5-33(3)51-63(111)91-44(26-35-14-8-7-9-15-35)60(108)88-41(18-12-22-83-67(77)78)57(105)93-46(54(72)102)31-113-114-32-47(94-55(103)39(71)16-10-20-81-65(73)74)62(110)90-43(27-36-24-37(69)53(101)38(70)25-36)56(104)86-29-48(97)85-30-49(98)87-40(17-11-21-82-66(75)76)58(106)95-52(34(4)6-2)64(112)92-45(28-50(99)100)61(109)89-42(59(107)96-51)19-13-23-84-68(79)80/h7-9,14-15,24-25,33-34,39-47,51-52,101H,5-6,10-13,16-23,26-32,71H2,1-4H3,(H2,72,102)(H,85,97)(H,86,104)(H,87,98)(H,88,108)(H,89,109)(H,90,110)(H,91,111)(H,92,112)(H,93,105)(H,94,103)(H,95,106)(H,96,107)(H,99,100)(H4,73,74,81)(H4,75,76,82)(H4,77,78,83)(H4,79,80,84)/t33-,34-,39+,40+,41+,42-,43+,44-,45+,46+,47+,51+,52-/m0/s1. The predicted octanol–water partition coefficient (Wildman–Crippen LogP) is -6.54. The summed E-state index contributed by atoms with van der Waals surface area (Å²) < 4.78 is 0.715. The molecule has 0 aliphatic carbocycles. The minimum Gasteiger partial charge on any atom is -0.506 e. The number of carbonyl (C=O) groups excluding carboxylic acids is 13. The minimum absolute atomic E-state index is 0.0190. The summed E-state index contributed by atoms with van der Waals surface area (Å²) in [7, 11) is 1.79. The number of guanidine groups is 4. The fourth-order valence-corrected chi connectivity index (χ4v) is 15.0. The maximum atomic E-state index is 14.9. The van der Waals surface area contributed by atoms with Crippen molar-refractivity contribution in [2.45, 2.75) is 178 Å². The van der Waals surface area contributed by atoms with Crippen molar-refractivity contribution in [3.8, 4) is 5.75 Å². The molecule has 46 heteroatoms. The summed E-state index contributed by atoms with van der Waals surface area (Å²) in [6.45, 7) is 4.71. The Morgan fingerprint density at radius 1 is 0.500 bits per heavy atom. The molecule has 1 aliphatic heterocycles. The van der Waals surface area contributed by atoms with Gasteiger partial charge in [-0.1, -0.05) is 92.5 Å². The number of carboxylic acids is 1. The van der Waals surface area contributed by atoms with E-state index in [-0.39, 0.29) is 144 Å². The number of carbonyl (C=O) groups is 14. The molecule has 42 nitrogen and oxygen atoms in total. The van der Waals surface area contributed by atoms with Gasteiger partial charge in [-0.3, -0.25) is 87.1 Å². The van der Waals surface area contributed by atoms with Gasteiger partial charge >= 0.3 is 5.97 Å². The average Bonchev–Trinajstić information content (AvgIpc) is 0.843. The molecular formula is C68H108I2N26O16S2. The second-order valence-electron chi connectivity index (χ2n) is 26.6. The van der Waals surface area contributed by atoms with Gasteiger partial charge in [0.15, 0.2) is 23.8 Å². The van der Waals surface area contributed by atoms with Gasteiger partial charge in [0, 0.05) is 50.5 Å². The van der Waals surface area contributed by atoms with Crippen molar-refractivity contribution in [1.82, 2.24) is 63.8 Å². The van der Waals surface area contributed by atoms with E-state index in [1.54, 1.807) is 58.0 Å². The second-order valence-corrected chi connectivity index (χ2v) is 31.4. The summed E-state index contributed by atoms with van der Waals surface area (Å²) >= 11 is 3.72. The van der Waals surface area contributed by atoms with Gasteiger partial charge in [0.05, 0.1) is 32.7 Å². The summed E-state index contributed by atoms with van der Waals surface area (Å²) in [6, 6.07) is -5.77. The highest BCUT2D eigenvalue weighted by Crippen LogP contribution is 2.29. The van der Waals surface area contributed by atoms with Crippen LogP contribution in [-0.4, -0.2) is 234 Å². The first-order valence-electron chi connectivity index (χ1n) is 36.3. The lowest BCUT2D eigenvalue weighted by atomic mass is 9.96. The van der Waals surface area contributed by atoms with E-state index in [1.807, 2.05) is 45.2 Å². The monoisotopic (exact) mass is 1860 g/mol. The maximum absolute atomic E-state index is 14.9. The molecule has 0 saturated carbocycles. The summed E-state index contributed by atoms with van der Waals surface area (Å²) in [6.07, 6.45) is -1.62. The number of aliphatic imine (C=N–C) groups is 4. The van der Waals surface area contributed by atoms with Crippen molar-refractivity contribution >= 4 is 173 Å². The Labute approximate surface area is 694 Å². The molecule has 1 heterocycles. The highest BCUT2D eigenvalue weighted by Gasteiger charge is 2.39. The van der Waals surface area contributed by atoms with Crippen LogP contribution in [-0.2, 0) is 80.0 Å². The largest absolute Gasteiger partial charge is 0.506 e. The molecule has 0 bridgehead atoms.